The Morgan fingerprint density at radius 3 is 2.64 bits per heavy atom. The summed E-state index contributed by atoms with van der Waals surface area (Å²) < 4.78 is 7.46. The maximum atomic E-state index is 12.7. The Balaban J connectivity index is 1.87. The molecular formula is C21H23ClN4O2. The fraction of sp³-hybridized carbons (Fsp3) is 0.333. The zero-order valence-electron chi connectivity index (χ0n) is 15.8. The van der Waals surface area contributed by atoms with E-state index in [1.807, 2.05) is 53.8 Å². The monoisotopic (exact) mass is 398 g/mol. The van der Waals surface area contributed by atoms with Crippen LogP contribution in [-0.2, 0) is 11.3 Å². The lowest BCUT2D eigenvalue weighted by Gasteiger charge is -2.27. The van der Waals surface area contributed by atoms with E-state index in [0.717, 1.165) is 48.9 Å². The minimum Gasteiger partial charge on any atom is -0.379 e. The molecule has 0 unspecified atom stereocenters. The van der Waals surface area contributed by atoms with Gasteiger partial charge in [0.05, 0.1) is 24.6 Å². The second-order valence-corrected chi connectivity index (χ2v) is 7.20. The van der Waals surface area contributed by atoms with E-state index in [-0.39, 0.29) is 5.91 Å². The number of halogens is 1. The van der Waals surface area contributed by atoms with Gasteiger partial charge in [-0.05, 0) is 31.2 Å². The van der Waals surface area contributed by atoms with Gasteiger partial charge in [-0.2, -0.15) is 0 Å². The molecule has 4 rings (SSSR count). The first-order valence-electron chi connectivity index (χ1n) is 9.52. The lowest BCUT2D eigenvalue weighted by Crippen LogP contribution is -2.36. The predicted molar refractivity (Wildman–Crippen MR) is 110 cm³/mol. The molecule has 0 aliphatic carbocycles. The van der Waals surface area contributed by atoms with Crippen LogP contribution in [0.1, 0.15) is 23.1 Å². The summed E-state index contributed by atoms with van der Waals surface area (Å²) in [5, 5.41) is 3.59. The Morgan fingerprint density at radius 1 is 1.18 bits per heavy atom. The summed E-state index contributed by atoms with van der Waals surface area (Å²) in [5.74, 6) is -0.101. The molecule has 7 heteroatoms. The molecule has 6 nitrogen and oxygen atoms in total. The number of hydrogen-bond acceptors (Lipinski definition) is 4. The predicted octanol–water partition coefficient (Wildman–Crippen LogP) is 3.24. The summed E-state index contributed by atoms with van der Waals surface area (Å²) in [6.45, 7) is 6.34. The van der Waals surface area contributed by atoms with E-state index in [1.54, 1.807) is 0 Å². The molecule has 0 saturated carbocycles. The van der Waals surface area contributed by atoms with Gasteiger partial charge in [-0.1, -0.05) is 29.8 Å². The third-order valence-electron chi connectivity index (χ3n) is 4.90. The molecule has 1 amide bonds. The number of pyridine rings is 1. The van der Waals surface area contributed by atoms with Crippen molar-refractivity contribution in [3.63, 3.8) is 0 Å². The Morgan fingerprint density at radius 2 is 1.93 bits per heavy atom. The number of rotatable bonds is 5. The number of amides is 1. The largest absolute Gasteiger partial charge is 0.379 e. The van der Waals surface area contributed by atoms with E-state index >= 15 is 0 Å². The number of imidazole rings is 1. The molecule has 0 radical (unpaired) electrons. The van der Waals surface area contributed by atoms with E-state index < -0.39 is 0 Å². The Kier molecular flexibility index (Phi) is 5.62. The third-order valence-corrected chi connectivity index (χ3v) is 5.16. The summed E-state index contributed by atoms with van der Waals surface area (Å²) in [6, 6.07) is 13.3. The lowest BCUT2D eigenvalue weighted by molar-refractivity contribution is 0.0336. The standard InChI is InChI=1S/C21H23ClN4O2/c1-2-23-21(27)17-4-3-5-19-24-20(15-6-8-16(22)9-7-15)18(26(17)19)14-25-10-12-28-13-11-25/h3-9H,2,10-14H2,1H3,(H,23,27). The van der Waals surface area contributed by atoms with Crippen molar-refractivity contribution in [3.05, 3.63) is 58.9 Å². The Hall–Kier alpha value is -2.41. The van der Waals surface area contributed by atoms with Gasteiger partial charge in [0.15, 0.2) is 0 Å². The quantitative estimate of drug-likeness (QED) is 0.716. The molecule has 3 aromatic rings. The maximum absolute atomic E-state index is 12.7. The lowest BCUT2D eigenvalue weighted by atomic mass is 10.1. The summed E-state index contributed by atoms with van der Waals surface area (Å²) in [6.07, 6.45) is 0. The van der Waals surface area contributed by atoms with Crippen LogP contribution in [0.5, 0.6) is 0 Å². The molecular weight excluding hydrogens is 376 g/mol. The van der Waals surface area contributed by atoms with Gasteiger partial charge >= 0.3 is 0 Å². The summed E-state index contributed by atoms with van der Waals surface area (Å²) in [4.78, 5) is 19.9. The SMILES string of the molecule is CCNC(=O)c1cccc2nc(-c3ccc(Cl)cc3)c(CN3CCOCC3)n12. The van der Waals surface area contributed by atoms with Crippen molar-refractivity contribution in [2.45, 2.75) is 13.5 Å². The molecule has 1 saturated heterocycles. The van der Waals surface area contributed by atoms with Crippen molar-refractivity contribution in [2.24, 2.45) is 0 Å². The molecule has 0 bridgehead atoms. The van der Waals surface area contributed by atoms with Gasteiger partial charge in [-0.3, -0.25) is 14.1 Å². The zero-order valence-corrected chi connectivity index (χ0v) is 16.6. The zero-order chi connectivity index (χ0) is 19.5. The van der Waals surface area contributed by atoms with Crippen LogP contribution < -0.4 is 5.32 Å². The van der Waals surface area contributed by atoms with Crippen LogP contribution in [0.2, 0.25) is 5.02 Å². The van der Waals surface area contributed by atoms with Crippen molar-refractivity contribution in [1.82, 2.24) is 19.6 Å². The molecule has 3 heterocycles. The molecule has 2 aromatic heterocycles. The third kappa shape index (κ3) is 3.76. The number of aromatic nitrogens is 2. The molecule has 0 spiro atoms. The first-order valence-corrected chi connectivity index (χ1v) is 9.89. The van der Waals surface area contributed by atoms with Crippen molar-refractivity contribution < 1.29 is 9.53 Å². The number of nitrogens with zero attached hydrogens (tertiary/aromatic N) is 3. The van der Waals surface area contributed by atoms with Crippen molar-refractivity contribution in [3.8, 4) is 11.3 Å². The number of benzene rings is 1. The van der Waals surface area contributed by atoms with E-state index in [1.165, 1.54) is 0 Å². The molecule has 1 aliphatic rings. The minimum absolute atomic E-state index is 0.101. The van der Waals surface area contributed by atoms with Gasteiger partial charge in [-0.15, -0.1) is 0 Å². The molecule has 146 valence electrons. The first-order chi connectivity index (χ1) is 13.7. The van der Waals surface area contributed by atoms with E-state index in [4.69, 9.17) is 21.3 Å². The van der Waals surface area contributed by atoms with Crippen LogP contribution in [0.4, 0.5) is 0 Å². The van der Waals surface area contributed by atoms with Gasteiger partial charge in [0.1, 0.15) is 11.3 Å². The van der Waals surface area contributed by atoms with E-state index in [2.05, 4.69) is 10.2 Å². The van der Waals surface area contributed by atoms with Crippen molar-refractivity contribution in [1.29, 1.82) is 0 Å². The summed E-state index contributed by atoms with van der Waals surface area (Å²) in [7, 11) is 0. The maximum Gasteiger partial charge on any atom is 0.268 e. The highest BCUT2D eigenvalue weighted by molar-refractivity contribution is 6.30. The number of morpholine rings is 1. The topological polar surface area (TPSA) is 58.9 Å². The van der Waals surface area contributed by atoms with E-state index in [0.29, 0.717) is 23.8 Å². The van der Waals surface area contributed by atoms with Crippen molar-refractivity contribution in [2.75, 3.05) is 32.8 Å². The normalized spacial score (nSPS) is 15.1. The van der Waals surface area contributed by atoms with Gasteiger partial charge in [0, 0.05) is 36.8 Å². The van der Waals surface area contributed by atoms with Crippen LogP contribution >= 0.6 is 11.6 Å². The number of carbonyl (C=O) groups is 1. The van der Waals surface area contributed by atoms with E-state index in [9.17, 15) is 4.79 Å². The highest BCUT2D eigenvalue weighted by Crippen LogP contribution is 2.28. The molecule has 28 heavy (non-hydrogen) atoms. The van der Waals surface area contributed by atoms with Crippen LogP contribution in [0.15, 0.2) is 42.5 Å². The molecule has 1 N–H and O–H groups in total. The number of hydrogen-bond donors (Lipinski definition) is 1. The average molecular weight is 399 g/mol. The van der Waals surface area contributed by atoms with Gasteiger partial charge < -0.3 is 10.1 Å². The number of ether oxygens (including phenoxy) is 1. The Labute approximate surface area is 169 Å². The van der Waals surface area contributed by atoms with Crippen molar-refractivity contribution >= 4 is 23.2 Å². The molecule has 0 atom stereocenters. The second kappa shape index (κ2) is 8.31. The minimum atomic E-state index is -0.101. The highest BCUT2D eigenvalue weighted by Gasteiger charge is 2.22. The first kappa shape index (κ1) is 18.9. The van der Waals surface area contributed by atoms with Crippen LogP contribution in [0, 0.1) is 0 Å². The average Bonchev–Trinajstić information content (AvgIpc) is 3.08. The molecule has 1 fully saturated rings. The molecule has 1 aromatic carbocycles. The van der Waals surface area contributed by atoms with Crippen LogP contribution in [0.3, 0.4) is 0 Å². The fourth-order valence-corrected chi connectivity index (χ4v) is 3.66. The Bertz CT molecular complexity index is 978. The smallest absolute Gasteiger partial charge is 0.268 e. The highest BCUT2D eigenvalue weighted by atomic mass is 35.5. The fourth-order valence-electron chi connectivity index (χ4n) is 3.54. The van der Waals surface area contributed by atoms with Gasteiger partial charge in [0.25, 0.3) is 5.91 Å². The number of fused-ring (bicyclic) bond motifs is 1. The number of nitrogens with one attached hydrogen (secondary N) is 1. The van der Waals surface area contributed by atoms with Crippen LogP contribution in [0.25, 0.3) is 16.9 Å². The second-order valence-electron chi connectivity index (χ2n) is 6.77. The summed E-state index contributed by atoms with van der Waals surface area (Å²) in [5.41, 5.74) is 4.21. The van der Waals surface area contributed by atoms with Gasteiger partial charge in [-0.25, -0.2) is 4.98 Å². The summed E-state index contributed by atoms with van der Waals surface area (Å²) >= 11 is 6.07. The number of carbonyl (C=O) groups excluding carboxylic acids is 1. The molecule has 1 aliphatic heterocycles. The van der Waals surface area contributed by atoms with Crippen LogP contribution in [-0.4, -0.2) is 53.0 Å². The van der Waals surface area contributed by atoms with Gasteiger partial charge in [0.2, 0.25) is 0 Å².